The maximum Gasteiger partial charge on any atom is 0.117 e. The van der Waals surface area contributed by atoms with E-state index < -0.39 is 0 Å². The molecule has 1 unspecified atom stereocenters. The smallest absolute Gasteiger partial charge is 0.117 e. The van der Waals surface area contributed by atoms with Crippen LogP contribution in [0.1, 0.15) is 6.92 Å². The molecule has 1 atom stereocenters. The third-order valence-corrected chi connectivity index (χ3v) is 3.92. The number of phenolic OH excluding ortho intramolecular Hbond substituents is 1. The highest BCUT2D eigenvalue weighted by Crippen LogP contribution is 2.29. The highest BCUT2D eigenvalue weighted by atomic mass is 35.5. The van der Waals surface area contributed by atoms with Crippen LogP contribution in [-0.4, -0.2) is 17.8 Å². The Balaban J connectivity index is 1.92. The Kier molecular flexibility index (Phi) is 3.76. The maximum atomic E-state index is 9.67. The predicted octanol–water partition coefficient (Wildman–Crippen LogP) is 4.23. The molecule has 3 rings (SSSR count). The van der Waals surface area contributed by atoms with Crippen molar-refractivity contribution in [2.45, 2.75) is 13.1 Å². The van der Waals surface area contributed by atoms with Crippen molar-refractivity contribution in [3.05, 3.63) is 65.8 Å². The highest BCUT2D eigenvalue weighted by molar-refractivity contribution is 6.30. The van der Waals surface area contributed by atoms with Gasteiger partial charge in [-0.2, -0.15) is 0 Å². The first-order valence-electron chi connectivity index (χ1n) is 6.91. The molecule has 1 aliphatic rings. The van der Waals surface area contributed by atoms with Gasteiger partial charge in [0, 0.05) is 35.2 Å². The minimum absolute atomic E-state index is 0.135. The number of halogens is 1. The molecular weight excluding hydrogens is 284 g/mol. The predicted molar refractivity (Wildman–Crippen MR) is 88.0 cm³/mol. The first-order valence-corrected chi connectivity index (χ1v) is 7.29. The van der Waals surface area contributed by atoms with Crippen molar-refractivity contribution in [1.82, 2.24) is 0 Å². The first kappa shape index (κ1) is 13.8. The van der Waals surface area contributed by atoms with Crippen LogP contribution in [0.2, 0.25) is 5.02 Å². The van der Waals surface area contributed by atoms with Crippen molar-refractivity contribution in [3.63, 3.8) is 0 Å². The SMILES string of the molecule is CC1N(c2cccc(Cl)c2)C=CCN1c1cccc(O)c1. The standard InChI is InChI=1S/C17H17ClN2O/c1-13-19(15-6-2-5-14(18)11-15)9-4-10-20(13)16-7-3-8-17(21)12-16/h2-9,11-13,21H,10H2,1H3. The Morgan fingerprint density at radius 2 is 1.86 bits per heavy atom. The van der Waals surface area contributed by atoms with Gasteiger partial charge in [0.1, 0.15) is 11.9 Å². The summed E-state index contributed by atoms with van der Waals surface area (Å²) in [6, 6.07) is 15.1. The van der Waals surface area contributed by atoms with Crippen LogP contribution in [0.25, 0.3) is 0 Å². The monoisotopic (exact) mass is 300 g/mol. The van der Waals surface area contributed by atoms with Gasteiger partial charge in [-0.3, -0.25) is 0 Å². The molecule has 0 aromatic heterocycles. The summed E-state index contributed by atoms with van der Waals surface area (Å²) in [4.78, 5) is 4.39. The molecule has 2 aromatic rings. The van der Waals surface area contributed by atoms with Gasteiger partial charge in [0.2, 0.25) is 0 Å². The molecular formula is C17H17ClN2O. The van der Waals surface area contributed by atoms with E-state index in [1.54, 1.807) is 12.1 Å². The summed E-state index contributed by atoms with van der Waals surface area (Å²) in [6.07, 6.45) is 4.32. The van der Waals surface area contributed by atoms with Crippen LogP contribution in [0.3, 0.4) is 0 Å². The van der Waals surface area contributed by atoms with Crippen molar-refractivity contribution in [1.29, 1.82) is 0 Å². The summed E-state index contributed by atoms with van der Waals surface area (Å²) in [5, 5.41) is 10.4. The lowest BCUT2D eigenvalue weighted by Gasteiger charge is -2.41. The van der Waals surface area contributed by atoms with Gasteiger partial charge in [-0.15, -0.1) is 0 Å². The Hall–Kier alpha value is -2.13. The molecule has 21 heavy (non-hydrogen) atoms. The minimum Gasteiger partial charge on any atom is -0.508 e. The molecule has 0 aliphatic carbocycles. The fraction of sp³-hybridized carbons (Fsp3) is 0.176. The number of aromatic hydroxyl groups is 1. The van der Waals surface area contributed by atoms with Crippen molar-refractivity contribution in [2.24, 2.45) is 0 Å². The molecule has 0 spiro atoms. The number of nitrogens with zero attached hydrogens (tertiary/aromatic N) is 2. The van der Waals surface area contributed by atoms with Gasteiger partial charge < -0.3 is 14.9 Å². The third kappa shape index (κ3) is 2.83. The van der Waals surface area contributed by atoms with E-state index in [0.29, 0.717) is 0 Å². The number of hydrogen-bond acceptors (Lipinski definition) is 3. The summed E-state index contributed by atoms with van der Waals surface area (Å²) in [5.41, 5.74) is 2.05. The summed E-state index contributed by atoms with van der Waals surface area (Å²) >= 11 is 6.09. The first-order chi connectivity index (χ1) is 10.1. The van der Waals surface area contributed by atoms with Gasteiger partial charge in [0.15, 0.2) is 0 Å². The van der Waals surface area contributed by atoms with Crippen molar-refractivity contribution in [2.75, 3.05) is 16.3 Å². The minimum atomic E-state index is 0.135. The molecule has 1 heterocycles. The summed E-state index contributed by atoms with van der Waals surface area (Å²) in [5.74, 6) is 0.281. The number of rotatable bonds is 2. The molecule has 4 heteroatoms. The second kappa shape index (κ2) is 5.70. The quantitative estimate of drug-likeness (QED) is 0.899. The molecule has 0 radical (unpaired) electrons. The zero-order valence-electron chi connectivity index (χ0n) is 11.8. The number of phenols is 1. The van der Waals surface area contributed by atoms with Gasteiger partial charge in [-0.05, 0) is 43.3 Å². The van der Waals surface area contributed by atoms with E-state index in [1.807, 2.05) is 36.4 Å². The number of benzene rings is 2. The number of hydrogen-bond donors (Lipinski definition) is 1. The van der Waals surface area contributed by atoms with E-state index in [2.05, 4.69) is 29.0 Å². The molecule has 3 nitrogen and oxygen atoms in total. The van der Waals surface area contributed by atoms with Crippen molar-refractivity contribution >= 4 is 23.0 Å². The molecule has 0 bridgehead atoms. The van der Waals surface area contributed by atoms with Gasteiger partial charge in [0.25, 0.3) is 0 Å². The molecule has 0 saturated carbocycles. The Morgan fingerprint density at radius 3 is 2.62 bits per heavy atom. The van der Waals surface area contributed by atoms with Crippen LogP contribution in [0.4, 0.5) is 11.4 Å². The summed E-state index contributed by atoms with van der Waals surface area (Å²) in [7, 11) is 0. The Morgan fingerprint density at radius 1 is 1.10 bits per heavy atom. The molecule has 0 saturated heterocycles. The lowest BCUT2D eigenvalue weighted by atomic mass is 10.2. The summed E-state index contributed by atoms with van der Waals surface area (Å²) < 4.78 is 0. The fourth-order valence-corrected chi connectivity index (χ4v) is 2.82. The van der Waals surface area contributed by atoms with E-state index >= 15 is 0 Å². The van der Waals surface area contributed by atoms with Crippen LogP contribution in [0.15, 0.2) is 60.8 Å². The Bertz CT molecular complexity index is 671. The molecule has 1 N–H and O–H groups in total. The van der Waals surface area contributed by atoms with Crippen LogP contribution < -0.4 is 9.80 Å². The molecule has 108 valence electrons. The van der Waals surface area contributed by atoms with E-state index in [4.69, 9.17) is 11.6 Å². The molecule has 0 amide bonds. The van der Waals surface area contributed by atoms with Crippen LogP contribution in [0, 0.1) is 0 Å². The zero-order chi connectivity index (χ0) is 14.8. The van der Waals surface area contributed by atoms with Gasteiger partial charge in [-0.25, -0.2) is 0 Å². The van der Waals surface area contributed by atoms with Gasteiger partial charge in [-0.1, -0.05) is 23.7 Å². The van der Waals surface area contributed by atoms with Gasteiger partial charge >= 0.3 is 0 Å². The largest absolute Gasteiger partial charge is 0.508 e. The average molecular weight is 301 g/mol. The van der Waals surface area contributed by atoms with Crippen LogP contribution in [0.5, 0.6) is 5.75 Å². The van der Waals surface area contributed by atoms with Crippen molar-refractivity contribution in [3.8, 4) is 5.75 Å². The van der Waals surface area contributed by atoms with E-state index in [9.17, 15) is 5.11 Å². The lowest BCUT2D eigenvalue weighted by Crippen LogP contribution is -2.47. The van der Waals surface area contributed by atoms with E-state index in [0.717, 1.165) is 22.9 Å². The zero-order valence-corrected chi connectivity index (χ0v) is 12.5. The van der Waals surface area contributed by atoms with Crippen LogP contribution >= 0.6 is 11.6 Å². The van der Waals surface area contributed by atoms with Crippen molar-refractivity contribution < 1.29 is 5.11 Å². The Labute approximate surface area is 129 Å². The highest BCUT2D eigenvalue weighted by Gasteiger charge is 2.23. The lowest BCUT2D eigenvalue weighted by molar-refractivity contribution is 0.475. The second-order valence-corrected chi connectivity index (χ2v) is 5.51. The third-order valence-electron chi connectivity index (χ3n) is 3.69. The molecule has 0 fully saturated rings. The topological polar surface area (TPSA) is 26.7 Å². The molecule has 1 aliphatic heterocycles. The fourth-order valence-electron chi connectivity index (χ4n) is 2.63. The van der Waals surface area contributed by atoms with E-state index in [1.165, 1.54) is 0 Å². The second-order valence-electron chi connectivity index (χ2n) is 5.08. The van der Waals surface area contributed by atoms with Crippen LogP contribution in [-0.2, 0) is 0 Å². The summed E-state index contributed by atoms with van der Waals surface area (Å²) in [6.45, 7) is 2.94. The maximum absolute atomic E-state index is 9.67. The van der Waals surface area contributed by atoms with E-state index in [-0.39, 0.29) is 11.9 Å². The average Bonchev–Trinajstić information content (AvgIpc) is 2.47. The normalized spacial score (nSPS) is 18.1. The molecule has 2 aromatic carbocycles. The van der Waals surface area contributed by atoms with Gasteiger partial charge in [0.05, 0.1) is 0 Å². The number of anilines is 2.